The highest BCUT2D eigenvalue weighted by atomic mass is 19.4. The van der Waals surface area contributed by atoms with Gasteiger partial charge in [-0.15, -0.1) is 0 Å². The summed E-state index contributed by atoms with van der Waals surface area (Å²) in [7, 11) is 0. The molecular formula is C25H29F3N2O2. The normalized spacial score (nSPS) is 12.7. The number of ether oxygens (including phenoxy) is 1. The van der Waals surface area contributed by atoms with Crippen LogP contribution in [0.25, 0.3) is 11.4 Å². The molecule has 32 heavy (non-hydrogen) atoms. The number of imidazole rings is 1. The van der Waals surface area contributed by atoms with Crippen molar-refractivity contribution in [1.29, 1.82) is 0 Å². The fourth-order valence-corrected chi connectivity index (χ4v) is 3.62. The molecule has 1 atom stereocenters. The minimum atomic E-state index is -4.37. The van der Waals surface area contributed by atoms with Crippen molar-refractivity contribution in [1.82, 2.24) is 9.55 Å². The van der Waals surface area contributed by atoms with Crippen molar-refractivity contribution in [3.8, 4) is 17.1 Å². The summed E-state index contributed by atoms with van der Waals surface area (Å²) in [5.41, 5.74) is 1.84. The van der Waals surface area contributed by atoms with Gasteiger partial charge in [-0.3, -0.25) is 0 Å². The average Bonchev–Trinajstić information content (AvgIpc) is 3.12. The number of hydrogen-bond acceptors (Lipinski definition) is 3. The van der Waals surface area contributed by atoms with Gasteiger partial charge in [-0.1, -0.05) is 37.3 Å². The van der Waals surface area contributed by atoms with Gasteiger partial charge in [-0.05, 0) is 50.3 Å². The van der Waals surface area contributed by atoms with Gasteiger partial charge in [0.05, 0.1) is 18.7 Å². The van der Waals surface area contributed by atoms with Crippen LogP contribution in [0.5, 0.6) is 5.75 Å². The third-order valence-electron chi connectivity index (χ3n) is 5.55. The number of alkyl halides is 3. The van der Waals surface area contributed by atoms with E-state index < -0.39 is 11.7 Å². The highest BCUT2D eigenvalue weighted by molar-refractivity contribution is 5.57. The summed E-state index contributed by atoms with van der Waals surface area (Å²) >= 11 is 0. The lowest BCUT2D eigenvalue weighted by Gasteiger charge is -2.16. The summed E-state index contributed by atoms with van der Waals surface area (Å²) < 4.78 is 46.7. The van der Waals surface area contributed by atoms with Gasteiger partial charge >= 0.3 is 6.18 Å². The molecule has 0 aliphatic rings. The maximum absolute atomic E-state index is 12.9. The van der Waals surface area contributed by atoms with Crippen LogP contribution in [0.3, 0.4) is 0 Å². The minimum Gasteiger partial charge on any atom is -0.493 e. The molecule has 7 heteroatoms. The maximum Gasteiger partial charge on any atom is 0.416 e. The standard InChI is InChI=1S/C25H29F3N2O2/c1-18(13-14-31)6-5-15-32-23-8-4-3-7-21(23)17-30-19(2)16-29-24(30)20-9-11-22(12-10-20)25(26,27)28/h3-4,7-12,16,18,31H,5-6,13-15,17H2,1-2H3/t18-/m1/s1. The van der Waals surface area contributed by atoms with Crippen molar-refractivity contribution >= 4 is 0 Å². The van der Waals surface area contributed by atoms with E-state index >= 15 is 0 Å². The van der Waals surface area contributed by atoms with E-state index in [-0.39, 0.29) is 6.61 Å². The Hall–Kier alpha value is -2.80. The predicted octanol–water partition coefficient (Wildman–Crippen LogP) is 6.10. The number of benzene rings is 2. The molecule has 0 radical (unpaired) electrons. The number of nitrogens with zero attached hydrogens (tertiary/aromatic N) is 2. The highest BCUT2D eigenvalue weighted by Gasteiger charge is 2.30. The van der Waals surface area contributed by atoms with Gasteiger partial charge in [-0.25, -0.2) is 4.98 Å². The van der Waals surface area contributed by atoms with Crippen LogP contribution in [0.15, 0.2) is 54.7 Å². The van der Waals surface area contributed by atoms with Crippen LogP contribution in [0.4, 0.5) is 13.2 Å². The highest BCUT2D eigenvalue weighted by Crippen LogP contribution is 2.31. The van der Waals surface area contributed by atoms with Gasteiger partial charge in [0.25, 0.3) is 0 Å². The zero-order chi connectivity index (χ0) is 23.1. The molecule has 0 saturated heterocycles. The lowest BCUT2D eigenvalue weighted by Crippen LogP contribution is -2.08. The Morgan fingerprint density at radius 1 is 1.06 bits per heavy atom. The van der Waals surface area contributed by atoms with Crippen molar-refractivity contribution < 1.29 is 23.0 Å². The SMILES string of the molecule is Cc1cnc(-c2ccc(C(F)(F)F)cc2)n1Cc1ccccc1OCCC[C@@H](C)CCO. The Morgan fingerprint density at radius 3 is 2.47 bits per heavy atom. The number of aliphatic hydroxyl groups excluding tert-OH is 1. The number of aryl methyl sites for hydroxylation is 1. The van der Waals surface area contributed by atoms with Crippen molar-refractivity contribution in [3.63, 3.8) is 0 Å². The molecule has 2 aromatic carbocycles. The predicted molar refractivity (Wildman–Crippen MR) is 119 cm³/mol. The molecule has 0 saturated carbocycles. The van der Waals surface area contributed by atoms with Crippen molar-refractivity contribution in [2.75, 3.05) is 13.2 Å². The molecule has 3 aromatic rings. The molecule has 1 N–H and O–H groups in total. The molecule has 0 amide bonds. The molecule has 0 aliphatic carbocycles. The molecule has 0 spiro atoms. The smallest absolute Gasteiger partial charge is 0.416 e. The van der Waals surface area contributed by atoms with Gasteiger partial charge in [0.1, 0.15) is 11.6 Å². The first-order chi connectivity index (χ1) is 15.3. The lowest BCUT2D eigenvalue weighted by atomic mass is 10.0. The number of rotatable bonds is 10. The Labute approximate surface area is 186 Å². The number of hydrogen-bond donors (Lipinski definition) is 1. The van der Waals surface area contributed by atoms with E-state index in [9.17, 15) is 13.2 Å². The summed E-state index contributed by atoms with van der Waals surface area (Å²) in [4.78, 5) is 4.44. The third kappa shape index (κ3) is 6.13. The van der Waals surface area contributed by atoms with Gasteiger partial charge in [0, 0.05) is 29.6 Å². The number of halogens is 3. The Balaban J connectivity index is 1.74. The van der Waals surface area contributed by atoms with Crippen molar-refractivity contribution in [3.05, 3.63) is 71.5 Å². The molecule has 0 fully saturated rings. The lowest BCUT2D eigenvalue weighted by molar-refractivity contribution is -0.137. The van der Waals surface area contributed by atoms with Crippen LogP contribution in [-0.2, 0) is 12.7 Å². The van der Waals surface area contributed by atoms with Crippen molar-refractivity contribution in [2.24, 2.45) is 5.92 Å². The summed E-state index contributed by atoms with van der Waals surface area (Å²) in [6.07, 6.45) is 0.0378. The van der Waals surface area contributed by atoms with E-state index in [2.05, 4.69) is 11.9 Å². The van der Waals surface area contributed by atoms with Crippen LogP contribution in [0.2, 0.25) is 0 Å². The zero-order valence-electron chi connectivity index (χ0n) is 18.4. The second-order valence-electron chi connectivity index (χ2n) is 8.10. The molecule has 3 rings (SSSR count). The number of para-hydroxylation sites is 1. The summed E-state index contributed by atoms with van der Waals surface area (Å²) in [5.74, 6) is 1.86. The van der Waals surface area contributed by atoms with Crippen LogP contribution in [0.1, 0.15) is 43.0 Å². The zero-order valence-corrected chi connectivity index (χ0v) is 18.4. The molecular weight excluding hydrogens is 417 g/mol. The average molecular weight is 447 g/mol. The van der Waals surface area contributed by atoms with Crippen LogP contribution in [0, 0.1) is 12.8 Å². The van der Waals surface area contributed by atoms with E-state index in [4.69, 9.17) is 9.84 Å². The Morgan fingerprint density at radius 2 is 1.78 bits per heavy atom. The van der Waals surface area contributed by atoms with E-state index in [1.165, 1.54) is 12.1 Å². The number of aromatic nitrogens is 2. The summed E-state index contributed by atoms with van der Waals surface area (Å²) in [5, 5.41) is 9.02. The second-order valence-corrected chi connectivity index (χ2v) is 8.10. The van der Waals surface area contributed by atoms with E-state index in [1.807, 2.05) is 35.8 Å². The van der Waals surface area contributed by atoms with Crippen LogP contribution < -0.4 is 4.74 Å². The fraction of sp³-hybridized carbons (Fsp3) is 0.400. The van der Waals surface area contributed by atoms with Gasteiger partial charge in [0.15, 0.2) is 0 Å². The van der Waals surface area contributed by atoms with Gasteiger partial charge in [-0.2, -0.15) is 13.2 Å². The third-order valence-corrected chi connectivity index (χ3v) is 5.55. The second kappa shape index (κ2) is 10.7. The molecule has 1 heterocycles. The van der Waals surface area contributed by atoms with E-state index in [0.29, 0.717) is 30.5 Å². The Kier molecular flexibility index (Phi) is 7.96. The van der Waals surface area contributed by atoms with Gasteiger partial charge < -0.3 is 14.4 Å². The van der Waals surface area contributed by atoms with Crippen LogP contribution in [-0.4, -0.2) is 27.9 Å². The van der Waals surface area contributed by atoms with Gasteiger partial charge in [0.2, 0.25) is 0 Å². The van der Waals surface area contributed by atoms with E-state index in [0.717, 1.165) is 48.4 Å². The maximum atomic E-state index is 12.9. The topological polar surface area (TPSA) is 47.3 Å². The first-order valence-corrected chi connectivity index (χ1v) is 10.8. The molecule has 172 valence electrons. The first-order valence-electron chi connectivity index (χ1n) is 10.8. The fourth-order valence-electron chi connectivity index (χ4n) is 3.62. The monoisotopic (exact) mass is 446 g/mol. The largest absolute Gasteiger partial charge is 0.493 e. The molecule has 0 unspecified atom stereocenters. The molecule has 4 nitrogen and oxygen atoms in total. The molecule has 1 aromatic heterocycles. The number of aliphatic hydroxyl groups is 1. The quantitative estimate of drug-likeness (QED) is 0.383. The molecule has 0 aliphatic heterocycles. The van der Waals surface area contributed by atoms with Crippen LogP contribution >= 0.6 is 0 Å². The molecule has 0 bridgehead atoms. The minimum absolute atomic E-state index is 0.205. The summed E-state index contributed by atoms with van der Waals surface area (Å²) in [6.45, 7) is 5.33. The first kappa shape index (κ1) is 23.9. The van der Waals surface area contributed by atoms with E-state index in [1.54, 1.807) is 6.20 Å². The van der Waals surface area contributed by atoms with Crippen molar-refractivity contribution in [2.45, 2.75) is 45.8 Å². The Bertz CT molecular complexity index is 997. The summed E-state index contributed by atoms with van der Waals surface area (Å²) in [6, 6.07) is 12.8.